The lowest BCUT2D eigenvalue weighted by Gasteiger charge is -2.27. The Morgan fingerprint density at radius 2 is 1.92 bits per heavy atom. The molecule has 1 aromatic carbocycles. The van der Waals surface area contributed by atoms with Gasteiger partial charge in [-0.25, -0.2) is 0 Å². The largest absolute Gasteiger partial charge is 0.492 e. The Morgan fingerprint density at radius 3 is 2.67 bits per heavy atom. The van der Waals surface area contributed by atoms with Gasteiger partial charge in [-0.2, -0.15) is 0 Å². The van der Waals surface area contributed by atoms with Crippen LogP contribution in [0.3, 0.4) is 0 Å². The van der Waals surface area contributed by atoms with Gasteiger partial charge in [0, 0.05) is 31.2 Å². The van der Waals surface area contributed by atoms with Gasteiger partial charge < -0.3 is 9.64 Å². The number of benzene rings is 1. The first-order valence-corrected chi connectivity index (χ1v) is 9.54. The minimum Gasteiger partial charge on any atom is -0.492 e. The van der Waals surface area contributed by atoms with E-state index >= 15 is 0 Å². The maximum absolute atomic E-state index is 6.15. The minimum absolute atomic E-state index is 0.663. The van der Waals surface area contributed by atoms with Crippen LogP contribution in [-0.2, 0) is 6.54 Å². The minimum atomic E-state index is 0.663. The molecule has 3 rings (SSSR count). The maximum atomic E-state index is 6.15. The van der Waals surface area contributed by atoms with Gasteiger partial charge in [0.1, 0.15) is 12.4 Å². The van der Waals surface area contributed by atoms with Crippen LogP contribution in [0.2, 0.25) is 0 Å². The summed E-state index contributed by atoms with van der Waals surface area (Å²) in [4.78, 5) is 7.44. The quantitative estimate of drug-likeness (QED) is 0.764. The third-order valence-corrected chi connectivity index (χ3v) is 5.50. The summed E-state index contributed by atoms with van der Waals surface area (Å²) in [6.45, 7) is 7.69. The van der Waals surface area contributed by atoms with Gasteiger partial charge in [0.2, 0.25) is 0 Å². The molecule has 4 heteroatoms. The molecule has 2 aliphatic heterocycles. The Labute approximate surface area is 147 Å². The third kappa shape index (κ3) is 4.95. The summed E-state index contributed by atoms with van der Waals surface area (Å²) in [5.41, 5.74) is 1.31. The lowest BCUT2D eigenvalue weighted by Crippen LogP contribution is -2.34. The fraction of sp³-hybridized carbons (Fsp3) is 0.700. The van der Waals surface area contributed by atoms with E-state index in [0.29, 0.717) is 6.04 Å². The van der Waals surface area contributed by atoms with E-state index in [4.69, 9.17) is 4.74 Å². The van der Waals surface area contributed by atoms with Crippen LogP contribution >= 0.6 is 0 Å². The molecule has 0 radical (unpaired) electrons. The zero-order chi connectivity index (χ0) is 16.8. The number of likely N-dealkylation sites (tertiary alicyclic amines) is 2. The molecule has 4 nitrogen and oxygen atoms in total. The molecule has 0 N–H and O–H groups in total. The van der Waals surface area contributed by atoms with Crippen molar-refractivity contribution in [3.8, 4) is 5.75 Å². The van der Waals surface area contributed by atoms with E-state index in [1.165, 1.54) is 57.4 Å². The van der Waals surface area contributed by atoms with E-state index in [9.17, 15) is 0 Å². The van der Waals surface area contributed by atoms with E-state index in [2.05, 4.69) is 53.1 Å². The van der Waals surface area contributed by atoms with Crippen molar-refractivity contribution in [1.29, 1.82) is 0 Å². The predicted molar refractivity (Wildman–Crippen MR) is 99.6 cm³/mol. The summed E-state index contributed by atoms with van der Waals surface area (Å²) in [7, 11) is 4.46. The Hall–Kier alpha value is -1.10. The van der Waals surface area contributed by atoms with Crippen LogP contribution in [0, 0.1) is 0 Å². The van der Waals surface area contributed by atoms with E-state index in [0.717, 1.165) is 25.4 Å². The normalized spacial score (nSPS) is 23.0. The van der Waals surface area contributed by atoms with Gasteiger partial charge in [0.25, 0.3) is 0 Å². The summed E-state index contributed by atoms with van der Waals surface area (Å²) in [5, 5.41) is 0. The predicted octanol–water partition coefficient (Wildman–Crippen LogP) is 2.69. The summed E-state index contributed by atoms with van der Waals surface area (Å²) < 4.78 is 6.15. The molecule has 1 atom stereocenters. The molecular formula is C20H33N3O. The molecule has 0 spiro atoms. The lowest BCUT2D eigenvalue weighted by molar-refractivity contribution is 0.180. The smallest absolute Gasteiger partial charge is 0.123 e. The Balaban J connectivity index is 1.50. The standard InChI is InChI=1S/C20H33N3O/c1-21-13-10-19(17-21)22(2)16-18-8-4-5-9-20(18)24-15-14-23-11-6-3-7-12-23/h4-5,8-9,19H,3,6-7,10-17H2,1-2H3. The first-order chi connectivity index (χ1) is 11.7. The van der Waals surface area contributed by atoms with Gasteiger partial charge in [0.15, 0.2) is 0 Å². The number of hydrogen-bond acceptors (Lipinski definition) is 4. The Bertz CT molecular complexity index is 501. The molecular weight excluding hydrogens is 298 g/mol. The zero-order valence-electron chi connectivity index (χ0n) is 15.4. The molecule has 1 aromatic rings. The molecule has 0 aromatic heterocycles. The van der Waals surface area contributed by atoms with Crippen molar-refractivity contribution < 1.29 is 4.74 Å². The van der Waals surface area contributed by atoms with Crippen LogP contribution in [0.1, 0.15) is 31.2 Å². The third-order valence-electron chi connectivity index (χ3n) is 5.50. The van der Waals surface area contributed by atoms with Gasteiger partial charge in [-0.15, -0.1) is 0 Å². The SMILES string of the molecule is CN1CCC(N(C)Cc2ccccc2OCCN2CCCCC2)C1. The van der Waals surface area contributed by atoms with Crippen molar-refractivity contribution in [3.63, 3.8) is 0 Å². The average Bonchev–Trinajstić information content (AvgIpc) is 3.04. The Morgan fingerprint density at radius 1 is 1.12 bits per heavy atom. The highest BCUT2D eigenvalue weighted by Crippen LogP contribution is 2.22. The number of likely N-dealkylation sites (N-methyl/N-ethyl adjacent to an activating group) is 2. The first-order valence-electron chi connectivity index (χ1n) is 9.54. The molecule has 0 saturated carbocycles. The highest BCUT2D eigenvalue weighted by molar-refractivity contribution is 5.33. The van der Waals surface area contributed by atoms with Crippen molar-refractivity contribution >= 4 is 0 Å². The van der Waals surface area contributed by atoms with E-state index in [1.54, 1.807) is 0 Å². The van der Waals surface area contributed by atoms with Crippen molar-refractivity contribution in [2.45, 2.75) is 38.3 Å². The first kappa shape index (κ1) is 17.7. The number of para-hydroxylation sites is 1. The van der Waals surface area contributed by atoms with Gasteiger partial charge in [0.05, 0.1) is 0 Å². The summed E-state index contributed by atoms with van der Waals surface area (Å²) in [5.74, 6) is 1.06. The highest BCUT2D eigenvalue weighted by Gasteiger charge is 2.23. The monoisotopic (exact) mass is 331 g/mol. The summed E-state index contributed by atoms with van der Waals surface area (Å²) in [6.07, 6.45) is 5.35. The summed E-state index contributed by atoms with van der Waals surface area (Å²) >= 11 is 0. The molecule has 134 valence electrons. The molecule has 0 aliphatic carbocycles. The number of rotatable bonds is 7. The molecule has 24 heavy (non-hydrogen) atoms. The van der Waals surface area contributed by atoms with Crippen LogP contribution in [0.25, 0.3) is 0 Å². The van der Waals surface area contributed by atoms with E-state index in [-0.39, 0.29) is 0 Å². The van der Waals surface area contributed by atoms with Gasteiger partial charge in [-0.05, 0) is 59.1 Å². The molecule has 0 bridgehead atoms. The fourth-order valence-corrected chi connectivity index (χ4v) is 3.91. The number of piperidine rings is 1. The second-order valence-corrected chi connectivity index (χ2v) is 7.48. The highest BCUT2D eigenvalue weighted by atomic mass is 16.5. The van der Waals surface area contributed by atoms with Crippen molar-refractivity contribution in [2.24, 2.45) is 0 Å². The molecule has 2 saturated heterocycles. The van der Waals surface area contributed by atoms with Crippen LogP contribution < -0.4 is 4.74 Å². The van der Waals surface area contributed by atoms with Gasteiger partial charge in [-0.1, -0.05) is 24.6 Å². The average molecular weight is 332 g/mol. The van der Waals surface area contributed by atoms with E-state index < -0.39 is 0 Å². The zero-order valence-corrected chi connectivity index (χ0v) is 15.4. The molecule has 2 heterocycles. The Kier molecular flexibility index (Phi) is 6.52. The summed E-state index contributed by atoms with van der Waals surface area (Å²) in [6, 6.07) is 9.21. The van der Waals surface area contributed by atoms with Gasteiger partial charge in [-0.3, -0.25) is 9.80 Å². The van der Waals surface area contributed by atoms with Crippen molar-refractivity contribution in [1.82, 2.24) is 14.7 Å². The van der Waals surface area contributed by atoms with Crippen LogP contribution in [0.15, 0.2) is 24.3 Å². The maximum Gasteiger partial charge on any atom is 0.123 e. The van der Waals surface area contributed by atoms with E-state index in [1.807, 2.05) is 0 Å². The molecule has 1 unspecified atom stereocenters. The molecule has 2 aliphatic rings. The second kappa shape index (κ2) is 8.84. The fourth-order valence-electron chi connectivity index (χ4n) is 3.91. The van der Waals surface area contributed by atoms with Crippen LogP contribution in [0.5, 0.6) is 5.75 Å². The van der Waals surface area contributed by atoms with Gasteiger partial charge >= 0.3 is 0 Å². The van der Waals surface area contributed by atoms with Crippen LogP contribution in [-0.4, -0.2) is 74.2 Å². The second-order valence-electron chi connectivity index (χ2n) is 7.48. The lowest BCUT2D eigenvalue weighted by atomic mass is 10.1. The van der Waals surface area contributed by atoms with Crippen molar-refractivity contribution in [2.75, 3.05) is 53.4 Å². The number of ether oxygens (including phenoxy) is 1. The number of hydrogen-bond donors (Lipinski definition) is 0. The van der Waals surface area contributed by atoms with Crippen LogP contribution in [0.4, 0.5) is 0 Å². The molecule has 0 amide bonds. The molecule has 2 fully saturated rings. The number of nitrogens with zero attached hydrogens (tertiary/aromatic N) is 3. The van der Waals surface area contributed by atoms with Crippen molar-refractivity contribution in [3.05, 3.63) is 29.8 Å². The topological polar surface area (TPSA) is 19.0 Å².